The first-order valence-electron chi connectivity index (χ1n) is 13.7. The second kappa shape index (κ2) is 11.0. The normalized spacial score (nSPS) is 20.7. The molecule has 0 bridgehead atoms. The average molecular weight is 535 g/mol. The maximum Gasteiger partial charge on any atom is 0.254 e. The Morgan fingerprint density at radius 3 is 2.58 bits per heavy atom. The van der Waals surface area contributed by atoms with Gasteiger partial charge in [-0.2, -0.15) is 0 Å². The number of pyridine rings is 1. The van der Waals surface area contributed by atoms with E-state index in [0.717, 1.165) is 65.8 Å². The number of H-pyrrole nitrogens is 1. The van der Waals surface area contributed by atoms with Gasteiger partial charge in [-0.3, -0.25) is 14.4 Å². The second-order valence-corrected chi connectivity index (χ2v) is 11.7. The smallest absolute Gasteiger partial charge is 0.254 e. The number of amides is 2. The summed E-state index contributed by atoms with van der Waals surface area (Å²) in [7, 11) is 0. The number of carbonyl (C=O) groups is 2. The van der Waals surface area contributed by atoms with Gasteiger partial charge in [0.2, 0.25) is 5.91 Å². The largest absolute Gasteiger partial charge is 0.348 e. The summed E-state index contributed by atoms with van der Waals surface area (Å²) in [4.78, 5) is 44.3. The van der Waals surface area contributed by atoms with E-state index >= 15 is 0 Å². The zero-order chi connectivity index (χ0) is 27.0. The Kier molecular flexibility index (Phi) is 7.70. The SMILES string of the molecule is CSc1cc(C)[nH]c(=O)c1CNC(=O)c1c(C)n(C(C)C2CCC(N3CCCC3=O)CC2)c2ccccc12. The van der Waals surface area contributed by atoms with Gasteiger partial charge in [0.25, 0.3) is 11.5 Å². The van der Waals surface area contributed by atoms with E-state index in [-0.39, 0.29) is 24.1 Å². The van der Waals surface area contributed by atoms with Crippen LogP contribution in [0.5, 0.6) is 0 Å². The molecule has 0 spiro atoms. The number of nitrogens with zero attached hydrogens (tertiary/aromatic N) is 2. The molecule has 1 unspecified atom stereocenters. The van der Waals surface area contributed by atoms with Crippen LogP contribution in [-0.2, 0) is 11.3 Å². The fraction of sp³-hybridized carbons (Fsp3) is 0.500. The molecule has 38 heavy (non-hydrogen) atoms. The lowest BCUT2D eigenvalue weighted by molar-refractivity contribution is -0.130. The van der Waals surface area contributed by atoms with Gasteiger partial charge in [-0.15, -0.1) is 11.8 Å². The molecular weight excluding hydrogens is 496 g/mol. The first-order valence-corrected chi connectivity index (χ1v) is 15.0. The molecule has 2 aliphatic rings. The molecule has 1 saturated carbocycles. The van der Waals surface area contributed by atoms with Crippen LogP contribution in [0.2, 0.25) is 0 Å². The third kappa shape index (κ3) is 4.91. The average Bonchev–Trinajstić information content (AvgIpc) is 3.47. The van der Waals surface area contributed by atoms with Crippen molar-refractivity contribution in [3.05, 3.63) is 63.2 Å². The van der Waals surface area contributed by atoms with Gasteiger partial charge in [-0.25, -0.2) is 0 Å². The molecule has 3 heterocycles. The summed E-state index contributed by atoms with van der Waals surface area (Å²) < 4.78 is 2.34. The Hall–Kier alpha value is -3.00. The number of hydrogen-bond donors (Lipinski definition) is 2. The van der Waals surface area contributed by atoms with Gasteiger partial charge in [-0.1, -0.05) is 18.2 Å². The molecule has 3 aromatic rings. The highest BCUT2D eigenvalue weighted by Gasteiger charge is 2.34. The highest BCUT2D eigenvalue weighted by Crippen LogP contribution is 2.39. The molecule has 1 saturated heterocycles. The van der Waals surface area contributed by atoms with Crippen LogP contribution < -0.4 is 10.9 Å². The minimum atomic E-state index is -0.159. The van der Waals surface area contributed by atoms with Crippen molar-refractivity contribution in [1.29, 1.82) is 0 Å². The third-order valence-corrected chi connectivity index (χ3v) is 9.44. The Labute approximate surface area is 228 Å². The molecule has 1 aliphatic carbocycles. The topological polar surface area (TPSA) is 87.2 Å². The fourth-order valence-electron chi connectivity index (χ4n) is 6.66. The van der Waals surface area contributed by atoms with Crippen LogP contribution in [0.1, 0.15) is 78.8 Å². The predicted molar refractivity (Wildman–Crippen MR) is 153 cm³/mol. The quantitative estimate of drug-likeness (QED) is 0.401. The maximum atomic E-state index is 13.6. The van der Waals surface area contributed by atoms with Crippen LogP contribution in [0.25, 0.3) is 10.9 Å². The second-order valence-electron chi connectivity index (χ2n) is 10.9. The van der Waals surface area contributed by atoms with Crippen molar-refractivity contribution in [3.63, 3.8) is 0 Å². The molecule has 7 nitrogen and oxygen atoms in total. The summed E-state index contributed by atoms with van der Waals surface area (Å²) in [5.74, 6) is 0.652. The molecule has 0 radical (unpaired) electrons. The van der Waals surface area contributed by atoms with E-state index in [2.05, 4.69) is 32.8 Å². The number of likely N-dealkylation sites (tertiary alicyclic amines) is 1. The van der Waals surface area contributed by atoms with E-state index in [1.807, 2.05) is 44.4 Å². The van der Waals surface area contributed by atoms with Gasteiger partial charge in [0.15, 0.2) is 0 Å². The highest BCUT2D eigenvalue weighted by molar-refractivity contribution is 7.98. The van der Waals surface area contributed by atoms with Crippen LogP contribution >= 0.6 is 11.8 Å². The number of para-hydroxylation sites is 1. The van der Waals surface area contributed by atoms with Gasteiger partial charge >= 0.3 is 0 Å². The molecule has 202 valence electrons. The number of carbonyl (C=O) groups excluding carboxylic acids is 2. The lowest BCUT2D eigenvalue weighted by atomic mass is 9.81. The van der Waals surface area contributed by atoms with Crippen molar-refractivity contribution in [2.45, 2.75) is 82.8 Å². The molecule has 2 aromatic heterocycles. The number of thioether (sulfide) groups is 1. The summed E-state index contributed by atoms with van der Waals surface area (Å²) >= 11 is 1.51. The number of aromatic amines is 1. The first kappa shape index (κ1) is 26.6. The van der Waals surface area contributed by atoms with Gasteiger partial charge < -0.3 is 19.8 Å². The number of nitrogens with one attached hydrogen (secondary N) is 2. The number of aromatic nitrogens is 2. The van der Waals surface area contributed by atoms with Crippen LogP contribution in [0.4, 0.5) is 0 Å². The van der Waals surface area contributed by atoms with E-state index in [0.29, 0.717) is 35.4 Å². The molecular formula is C30H38N4O3S. The molecule has 1 aromatic carbocycles. The summed E-state index contributed by atoms with van der Waals surface area (Å²) in [6, 6.07) is 10.7. The molecule has 5 rings (SSSR count). The van der Waals surface area contributed by atoms with Crippen molar-refractivity contribution in [3.8, 4) is 0 Å². The molecule has 1 aliphatic heterocycles. The summed E-state index contributed by atoms with van der Waals surface area (Å²) in [5.41, 5.74) is 3.93. The third-order valence-electron chi connectivity index (χ3n) is 8.64. The van der Waals surface area contributed by atoms with Crippen molar-refractivity contribution in [2.75, 3.05) is 12.8 Å². The molecule has 2 amide bonds. The zero-order valence-electron chi connectivity index (χ0n) is 22.8. The summed E-state index contributed by atoms with van der Waals surface area (Å²) in [5, 5.41) is 3.97. The van der Waals surface area contributed by atoms with Crippen molar-refractivity contribution < 1.29 is 9.59 Å². The van der Waals surface area contributed by atoms with Crippen LogP contribution in [0.3, 0.4) is 0 Å². The van der Waals surface area contributed by atoms with Gasteiger partial charge in [0.1, 0.15) is 0 Å². The lowest BCUT2D eigenvalue weighted by Gasteiger charge is -2.37. The monoisotopic (exact) mass is 534 g/mol. The van der Waals surface area contributed by atoms with Crippen LogP contribution in [0, 0.1) is 19.8 Å². The molecule has 2 N–H and O–H groups in total. The first-order chi connectivity index (χ1) is 18.3. The number of fused-ring (bicyclic) bond motifs is 1. The molecule has 2 fully saturated rings. The number of aryl methyl sites for hydroxylation is 1. The van der Waals surface area contributed by atoms with E-state index in [4.69, 9.17) is 0 Å². The number of rotatable bonds is 7. The van der Waals surface area contributed by atoms with Crippen molar-refractivity contribution in [2.24, 2.45) is 5.92 Å². The van der Waals surface area contributed by atoms with E-state index in [1.165, 1.54) is 11.8 Å². The van der Waals surface area contributed by atoms with Crippen molar-refractivity contribution in [1.82, 2.24) is 19.8 Å². The summed E-state index contributed by atoms with van der Waals surface area (Å²) in [6.45, 7) is 7.26. The number of hydrogen-bond acceptors (Lipinski definition) is 4. The lowest BCUT2D eigenvalue weighted by Crippen LogP contribution is -2.39. The Bertz CT molecular complexity index is 1420. The zero-order valence-corrected chi connectivity index (χ0v) is 23.6. The minimum absolute atomic E-state index is 0.159. The molecule has 1 atom stereocenters. The minimum Gasteiger partial charge on any atom is -0.348 e. The Balaban J connectivity index is 1.37. The van der Waals surface area contributed by atoms with Crippen LogP contribution in [0.15, 0.2) is 40.0 Å². The van der Waals surface area contributed by atoms with Crippen molar-refractivity contribution >= 4 is 34.5 Å². The standard InChI is InChI=1S/C30H38N4O3S/c1-18-16-26(38-4)24(29(36)32-18)17-31-30(37)28-20(3)34(25-9-6-5-8-23(25)28)19(2)21-11-13-22(14-12-21)33-15-7-10-27(33)35/h5-6,8-9,16,19,21-22H,7,10-15,17H2,1-4H3,(H,31,37)(H,32,36). The van der Waals surface area contributed by atoms with E-state index < -0.39 is 0 Å². The predicted octanol–water partition coefficient (Wildman–Crippen LogP) is 5.34. The maximum absolute atomic E-state index is 13.6. The van der Waals surface area contributed by atoms with Gasteiger partial charge in [0.05, 0.1) is 5.56 Å². The molecule has 8 heteroatoms. The Morgan fingerprint density at radius 1 is 1.16 bits per heavy atom. The van der Waals surface area contributed by atoms with Crippen LogP contribution in [-0.4, -0.2) is 45.1 Å². The highest BCUT2D eigenvalue weighted by atomic mass is 32.2. The number of benzene rings is 1. The Morgan fingerprint density at radius 2 is 1.89 bits per heavy atom. The van der Waals surface area contributed by atoms with Gasteiger partial charge in [-0.05, 0) is 77.2 Å². The van der Waals surface area contributed by atoms with E-state index in [9.17, 15) is 14.4 Å². The summed E-state index contributed by atoms with van der Waals surface area (Å²) in [6.07, 6.45) is 7.89. The fourth-order valence-corrected chi connectivity index (χ4v) is 7.36. The van der Waals surface area contributed by atoms with E-state index in [1.54, 1.807) is 0 Å². The van der Waals surface area contributed by atoms with Gasteiger partial charge in [0, 0.05) is 64.3 Å².